The van der Waals surface area contributed by atoms with Gasteiger partial charge in [0.2, 0.25) is 0 Å². The van der Waals surface area contributed by atoms with Gasteiger partial charge in [0.15, 0.2) is 0 Å². The number of nitrogens with two attached hydrogens (primary N) is 1. The third-order valence-corrected chi connectivity index (χ3v) is 5.87. The van der Waals surface area contributed by atoms with Gasteiger partial charge in [0.1, 0.15) is 0 Å². The molecule has 1 unspecified atom stereocenters. The molecule has 2 N–H and O–H groups in total. The van der Waals surface area contributed by atoms with Gasteiger partial charge >= 0.3 is 0 Å². The number of rotatable bonds is 2. The van der Waals surface area contributed by atoms with E-state index in [0.717, 1.165) is 0 Å². The van der Waals surface area contributed by atoms with Crippen molar-refractivity contribution in [3.05, 3.63) is 56.3 Å². The Hall–Kier alpha value is -1.12. The SMILES string of the molecule is NC(c1ccc2c(c1)CCC2)c1cc2c(s1)CCC2. The van der Waals surface area contributed by atoms with Crippen LogP contribution in [0, 0.1) is 0 Å². The third-order valence-electron chi connectivity index (χ3n) is 4.55. The van der Waals surface area contributed by atoms with E-state index < -0.39 is 0 Å². The number of hydrogen-bond acceptors (Lipinski definition) is 2. The largest absolute Gasteiger partial charge is 0.320 e. The van der Waals surface area contributed by atoms with E-state index in [2.05, 4.69) is 24.3 Å². The molecule has 0 aliphatic heterocycles. The fraction of sp³-hybridized carbons (Fsp3) is 0.412. The van der Waals surface area contributed by atoms with Gasteiger partial charge in [-0.1, -0.05) is 18.2 Å². The van der Waals surface area contributed by atoms with E-state index in [1.807, 2.05) is 11.3 Å². The van der Waals surface area contributed by atoms with E-state index in [-0.39, 0.29) is 6.04 Å². The zero-order valence-corrected chi connectivity index (χ0v) is 11.9. The van der Waals surface area contributed by atoms with Crippen molar-refractivity contribution in [1.29, 1.82) is 0 Å². The Labute approximate surface area is 118 Å². The fourth-order valence-corrected chi connectivity index (χ4v) is 4.74. The van der Waals surface area contributed by atoms with Crippen LogP contribution in [-0.4, -0.2) is 0 Å². The topological polar surface area (TPSA) is 26.0 Å². The second-order valence-corrected chi connectivity index (χ2v) is 6.98. The zero-order valence-electron chi connectivity index (χ0n) is 11.1. The number of aryl methyl sites for hydroxylation is 4. The fourth-order valence-electron chi connectivity index (χ4n) is 3.45. The monoisotopic (exact) mass is 269 g/mol. The Morgan fingerprint density at radius 2 is 1.68 bits per heavy atom. The molecule has 0 fully saturated rings. The maximum absolute atomic E-state index is 6.48. The molecule has 1 aromatic carbocycles. The molecule has 98 valence electrons. The lowest BCUT2D eigenvalue weighted by atomic mass is 10.0. The second-order valence-electron chi connectivity index (χ2n) is 5.81. The molecule has 2 aliphatic rings. The molecule has 2 aromatic rings. The summed E-state index contributed by atoms with van der Waals surface area (Å²) in [5.41, 5.74) is 12.4. The van der Waals surface area contributed by atoms with Crippen molar-refractivity contribution in [2.45, 2.75) is 44.6 Å². The Morgan fingerprint density at radius 3 is 2.58 bits per heavy atom. The molecular formula is C17H19NS. The highest BCUT2D eigenvalue weighted by Crippen LogP contribution is 2.36. The minimum absolute atomic E-state index is 0.0708. The maximum Gasteiger partial charge on any atom is 0.0646 e. The van der Waals surface area contributed by atoms with Crippen LogP contribution in [0.4, 0.5) is 0 Å². The van der Waals surface area contributed by atoms with Gasteiger partial charge in [0.05, 0.1) is 6.04 Å². The summed E-state index contributed by atoms with van der Waals surface area (Å²) in [5.74, 6) is 0. The molecule has 19 heavy (non-hydrogen) atoms. The van der Waals surface area contributed by atoms with Gasteiger partial charge in [0, 0.05) is 9.75 Å². The van der Waals surface area contributed by atoms with Crippen molar-refractivity contribution in [2.24, 2.45) is 5.73 Å². The first-order valence-electron chi connectivity index (χ1n) is 7.30. The molecule has 4 rings (SSSR count). The Morgan fingerprint density at radius 1 is 0.895 bits per heavy atom. The van der Waals surface area contributed by atoms with E-state index in [1.54, 1.807) is 10.4 Å². The van der Waals surface area contributed by atoms with Crippen molar-refractivity contribution in [3.8, 4) is 0 Å². The molecule has 0 spiro atoms. The average Bonchev–Trinajstić information content (AvgIpc) is 3.11. The van der Waals surface area contributed by atoms with Crippen molar-refractivity contribution < 1.29 is 0 Å². The summed E-state index contributed by atoms with van der Waals surface area (Å²) in [5, 5.41) is 0. The van der Waals surface area contributed by atoms with Crippen LogP contribution in [0.5, 0.6) is 0 Å². The quantitative estimate of drug-likeness (QED) is 0.882. The lowest BCUT2D eigenvalue weighted by Gasteiger charge is -2.12. The molecule has 1 aromatic heterocycles. The summed E-state index contributed by atoms with van der Waals surface area (Å²) < 4.78 is 0. The minimum atomic E-state index is 0.0708. The summed E-state index contributed by atoms with van der Waals surface area (Å²) in [4.78, 5) is 2.93. The van der Waals surface area contributed by atoms with Gasteiger partial charge in [-0.25, -0.2) is 0 Å². The van der Waals surface area contributed by atoms with Crippen LogP contribution >= 0.6 is 11.3 Å². The highest BCUT2D eigenvalue weighted by atomic mass is 32.1. The van der Waals surface area contributed by atoms with Crippen LogP contribution in [0.3, 0.4) is 0 Å². The van der Waals surface area contributed by atoms with Crippen LogP contribution < -0.4 is 5.73 Å². The van der Waals surface area contributed by atoms with E-state index in [1.165, 1.54) is 60.1 Å². The van der Waals surface area contributed by atoms with E-state index in [4.69, 9.17) is 5.73 Å². The molecule has 0 saturated carbocycles. The number of thiophene rings is 1. The first-order chi connectivity index (χ1) is 9.31. The summed E-state index contributed by atoms with van der Waals surface area (Å²) in [6.45, 7) is 0. The predicted octanol–water partition coefficient (Wildman–Crippen LogP) is 3.77. The second kappa shape index (κ2) is 4.46. The molecular weight excluding hydrogens is 250 g/mol. The Kier molecular flexibility index (Phi) is 2.75. The van der Waals surface area contributed by atoms with E-state index in [0.29, 0.717) is 0 Å². The first-order valence-corrected chi connectivity index (χ1v) is 8.12. The van der Waals surface area contributed by atoms with Crippen molar-refractivity contribution in [2.75, 3.05) is 0 Å². The highest BCUT2D eigenvalue weighted by molar-refractivity contribution is 7.12. The zero-order chi connectivity index (χ0) is 12.8. The van der Waals surface area contributed by atoms with Crippen LogP contribution in [0.1, 0.15) is 50.9 Å². The van der Waals surface area contributed by atoms with Crippen molar-refractivity contribution in [1.82, 2.24) is 0 Å². The summed E-state index contributed by atoms with van der Waals surface area (Å²) in [6, 6.07) is 9.29. The summed E-state index contributed by atoms with van der Waals surface area (Å²) in [6.07, 6.45) is 7.63. The van der Waals surface area contributed by atoms with Gasteiger partial charge in [0.25, 0.3) is 0 Å². The van der Waals surface area contributed by atoms with E-state index >= 15 is 0 Å². The lowest BCUT2D eigenvalue weighted by Crippen LogP contribution is -2.10. The molecule has 2 aliphatic carbocycles. The summed E-state index contributed by atoms with van der Waals surface area (Å²) in [7, 11) is 0. The van der Waals surface area contributed by atoms with Crippen LogP contribution in [0.15, 0.2) is 24.3 Å². The third kappa shape index (κ3) is 1.94. The normalized spacial score (nSPS) is 18.4. The number of fused-ring (bicyclic) bond motifs is 2. The van der Waals surface area contributed by atoms with Crippen molar-refractivity contribution >= 4 is 11.3 Å². The van der Waals surface area contributed by atoms with E-state index in [9.17, 15) is 0 Å². The number of hydrogen-bond donors (Lipinski definition) is 1. The number of benzene rings is 1. The predicted molar refractivity (Wildman–Crippen MR) is 80.8 cm³/mol. The van der Waals surface area contributed by atoms with Gasteiger partial charge in [-0.3, -0.25) is 0 Å². The van der Waals surface area contributed by atoms with Gasteiger partial charge in [-0.05, 0) is 66.8 Å². The molecule has 2 heteroatoms. The Bertz CT molecular complexity index is 605. The van der Waals surface area contributed by atoms with Crippen LogP contribution in [0.2, 0.25) is 0 Å². The molecule has 0 amide bonds. The Balaban J connectivity index is 1.67. The van der Waals surface area contributed by atoms with Crippen LogP contribution in [0.25, 0.3) is 0 Å². The molecule has 0 radical (unpaired) electrons. The molecule has 1 heterocycles. The molecule has 1 atom stereocenters. The van der Waals surface area contributed by atoms with Crippen LogP contribution in [-0.2, 0) is 25.7 Å². The molecule has 0 saturated heterocycles. The van der Waals surface area contributed by atoms with Gasteiger partial charge in [-0.2, -0.15) is 0 Å². The minimum Gasteiger partial charge on any atom is -0.320 e. The highest BCUT2D eigenvalue weighted by Gasteiger charge is 2.20. The van der Waals surface area contributed by atoms with Gasteiger partial charge in [-0.15, -0.1) is 11.3 Å². The lowest BCUT2D eigenvalue weighted by molar-refractivity contribution is 0.878. The molecule has 0 bridgehead atoms. The van der Waals surface area contributed by atoms with Gasteiger partial charge < -0.3 is 5.73 Å². The maximum atomic E-state index is 6.48. The molecule has 1 nitrogen and oxygen atoms in total. The summed E-state index contributed by atoms with van der Waals surface area (Å²) >= 11 is 1.93. The standard InChI is InChI=1S/C17H19NS/c18-17(16-10-13-5-2-6-15(13)19-16)14-8-7-11-3-1-4-12(11)9-14/h7-10,17H,1-6,18H2. The smallest absolute Gasteiger partial charge is 0.0646 e. The van der Waals surface area contributed by atoms with Crippen molar-refractivity contribution in [3.63, 3.8) is 0 Å². The average molecular weight is 269 g/mol. The first kappa shape index (κ1) is 11.7.